The van der Waals surface area contributed by atoms with Gasteiger partial charge in [-0.05, 0) is 48.9 Å². The van der Waals surface area contributed by atoms with Crippen molar-refractivity contribution in [2.24, 2.45) is 0 Å². The van der Waals surface area contributed by atoms with Gasteiger partial charge in [0, 0.05) is 12.6 Å². The van der Waals surface area contributed by atoms with Gasteiger partial charge in [0.2, 0.25) is 5.91 Å². The van der Waals surface area contributed by atoms with Crippen LogP contribution in [0.2, 0.25) is 0 Å². The van der Waals surface area contributed by atoms with Gasteiger partial charge in [-0.15, -0.1) is 0 Å². The number of nitrogens with zero attached hydrogens (tertiary/aromatic N) is 2. The highest BCUT2D eigenvalue weighted by molar-refractivity contribution is 6.22. The number of carbonyl (C=O) groups excluding carboxylic acids is 3. The fourth-order valence-corrected chi connectivity index (χ4v) is 3.79. The Balaban J connectivity index is 1.49. The van der Waals surface area contributed by atoms with E-state index >= 15 is 0 Å². The topological polar surface area (TPSA) is 57.7 Å². The smallest absolute Gasteiger partial charge is 0.262 e. The first-order valence-electron chi connectivity index (χ1n) is 10.2. The van der Waals surface area contributed by atoms with Gasteiger partial charge in [0.25, 0.3) is 11.8 Å². The summed E-state index contributed by atoms with van der Waals surface area (Å²) in [5, 5.41) is 0. The zero-order chi connectivity index (χ0) is 20.7. The summed E-state index contributed by atoms with van der Waals surface area (Å²) in [6, 6.07) is 13.7. The first-order valence-corrected chi connectivity index (χ1v) is 10.2. The highest BCUT2D eigenvalue weighted by Crippen LogP contribution is 2.30. The average Bonchev–Trinajstić information content (AvgIpc) is 3.51. The van der Waals surface area contributed by atoms with Crippen molar-refractivity contribution < 1.29 is 14.4 Å². The number of hydrogen-bond acceptors (Lipinski definition) is 3. The molecule has 1 aliphatic carbocycles. The lowest BCUT2D eigenvalue weighted by Crippen LogP contribution is -2.43. The van der Waals surface area contributed by atoms with Gasteiger partial charge < -0.3 is 4.90 Å². The lowest BCUT2D eigenvalue weighted by molar-refractivity contribution is -0.132. The Hall–Kier alpha value is -2.95. The average molecular weight is 390 g/mol. The van der Waals surface area contributed by atoms with Gasteiger partial charge in [-0.25, -0.2) is 0 Å². The van der Waals surface area contributed by atoms with E-state index < -0.39 is 0 Å². The molecule has 150 valence electrons. The number of aryl methyl sites for hydroxylation is 1. The van der Waals surface area contributed by atoms with Gasteiger partial charge in [-0.3, -0.25) is 19.3 Å². The van der Waals surface area contributed by atoms with E-state index in [9.17, 15) is 14.4 Å². The Morgan fingerprint density at radius 3 is 2.31 bits per heavy atom. The number of rotatable bonds is 6. The first kappa shape index (κ1) is 19.4. The van der Waals surface area contributed by atoms with Crippen LogP contribution in [0, 0.1) is 6.92 Å². The van der Waals surface area contributed by atoms with Crippen molar-refractivity contribution in [3.05, 3.63) is 70.3 Å². The van der Waals surface area contributed by atoms with Crippen LogP contribution in [0.4, 0.5) is 0 Å². The molecule has 5 nitrogen and oxygen atoms in total. The predicted molar refractivity (Wildman–Crippen MR) is 111 cm³/mol. The van der Waals surface area contributed by atoms with Crippen LogP contribution in [-0.2, 0) is 11.3 Å². The summed E-state index contributed by atoms with van der Waals surface area (Å²) in [7, 11) is 0. The monoisotopic (exact) mass is 390 g/mol. The third-order valence-corrected chi connectivity index (χ3v) is 5.73. The molecule has 5 heteroatoms. The van der Waals surface area contributed by atoms with Crippen molar-refractivity contribution in [1.29, 1.82) is 0 Å². The van der Waals surface area contributed by atoms with Crippen LogP contribution in [0.5, 0.6) is 0 Å². The van der Waals surface area contributed by atoms with Crippen LogP contribution in [-0.4, -0.2) is 40.1 Å². The molecule has 1 heterocycles. The van der Waals surface area contributed by atoms with Crippen LogP contribution in [0.1, 0.15) is 70.0 Å². The van der Waals surface area contributed by atoms with E-state index in [1.165, 1.54) is 5.56 Å². The van der Waals surface area contributed by atoms with Crippen molar-refractivity contribution in [1.82, 2.24) is 9.80 Å². The molecular weight excluding hydrogens is 364 g/mol. The van der Waals surface area contributed by atoms with E-state index in [1.54, 1.807) is 12.1 Å². The van der Waals surface area contributed by atoms with Crippen LogP contribution in [0.15, 0.2) is 42.5 Å². The molecule has 0 unspecified atom stereocenters. The maximum absolute atomic E-state index is 13.0. The maximum Gasteiger partial charge on any atom is 0.262 e. The van der Waals surface area contributed by atoms with Crippen LogP contribution in [0.25, 0.3) is 0 Å². The van der Waals surface area contributed by atoms with Crippen molar-refractivity contribution in [2.75, 3.05) is 6.54 Å². The lowest BCUT2D eigenvalue weighted by Gasteiger charge is -2.25. The summed E-state index contributed by atoms with van der Waals surface area (Å²) >= 11 is 0. The quantitative estimate of drug-likeness (QED) is 0.703. The second-order valence-electron chi connectivity index (χ2n) is 8.39. The minimum atomic E-state index is -0.379. The summed E-state index contributed by atoms with van der Waals surface area (Å²) in [6.45, 7) is 6.48. The summed E-state index contributed by atoms with van der Waals surface area (Å²) in [5.74, 6) is -0.469. The molecule has 2 aromatic rings. The van der Waals surface area contributed by atoms with Gasteiger partial charge in [0.1, 0.15) is 6.54 Å². The van der Waals surface area contributed by atoms with Gasteiger partial charge in [0.15, 0.2) is 0 Å². The molecule has 29 heavy (non-hydrogen) atoms. The van der Waals surface area contributed by atoms with E-state index in [0.29, 0.717) is 23.6 Å². The van der Waals surface area contributed by atoms with Gasteiger partial charge in [0.05, 0.1) is 11.1 Å². The lowest BCUT2D eigenvalue weighted by atomic mass is 10.0. The molecule has 3 amide bonds. The van der Waals surface area contributed by atoms with Crippen LogP contribution in [0.3, 0.4) is 0 Å². The largest absolute Gasteiger partial charge is 0.334 e. The molecule has 1 saturated carbocycles. The minimum absolute atomic E-state index is 0.174. The summed E-state index contributed by atoms with van der Waals surface area (Å²) < 4.78 is 0. The highest BCUT2D eigenvalue weighted by Gasteiger charge is 2.39. The normalized spacial score (nSPS) is 15.8. The molecule has 2 aliphatic rings. The number of benzene rings is 2. The minimum Gasteiger partial charge on any atom is -0.334 e. The Morgan fingerprint density at radius 1 is 1.03 bits per heavy atom. The van der Waals surface area contributed by atoms with Crippen molar-refractivity contribution in [3.63, 3.8) is 0 Å². The summed E-state index contributed by atoms with van der Waals surface area (Å²) in [5.41, 5.74) is 4.02. The number of imide groups is 1. The maximum atomic E-state index is 13.0. The first-order chi connectivity index (χ1) is 13.8. The van der Waals surface area contributed by atoms with Gasteiger partial charge >= 0.3 is 0 Å². The van der Waals surface area contributed by atoms with E-state index in [4.69, 9.17) is 0 Å². The molecular formula is C24H26N2O3. The van der Waals surface area contributed by atoms with Crippen LogP contribution < -0.4 is 0 Å². The van der Waals surface area contributed by atoms with E-state index in [2.05, 4.69) is 38.1 Å². The molecule has 0 saturated heterocycles. The Bertz CT molecular complexity index is 974. The predicted octanol–water partition coefficient (Wildman–Crippen LogP) is 3.91. The molecule has 0 bridgehead atoms. The highest BCUT2D eigenvalue weighted by atomic mass is 16.2. The van der Waals surface area contributed by atoms with E-state index in [0.717, 1.165) is 28.9 Å². The third kappa shape index (κ3) is 3.82. The van der Waals surface area contributed by atoms with Crippen molar-refractivity contribution >= 4 is 17.7 Å². The van der Waals surface area contributed by atoms with Crippen molar-refractivity contribution in [2.45, 2.75) is 52.1 Å². The molecule has 2 aromatic carbocycles. The Kier molecular flexibility index (Phi) is 4.99. The molecule has 0 radical (unpaired) electrons. The second-order valence-corrected chi connectivity index (χ2v) is 8.39. The summed E-state index contributed by atoms with van der Waals surface area (Å²) in [6.07, 6.45) is 1.94. The van der Waals surface area contributed by atoms with Crippen LogP contribution >= 0.6 is 0 Å². The molecule has 4 rings (SSSR count). The Labute approximate surface area is 171 Å². The van der Waals surface area contributed by atoms with Crippen molar-refractivity contribution in [3.8, 4) is 0 Å². The van der Waals surface area contributed by atoms with Gasteiger partial charge in [-0.1, -0.05) is 49.7 Å². The number of carbonyl (C=O) groups is 3. The van der Waals surface area contributed by atoms with E-state index in [1.807, 2.05) is 17.9 Å². The zero-order valence-corrected chi connectivity index (χ0v) is 17.1. The van der Waals surface area contributed by atoms with Gasteiger partial charge in [-0.2, -0.15) is 0 Å². The second kappa shape index (κ2) is 7.47. The molecule has 1 fully saturated rings. The standard InChI is InChI=1S/C24H26N2O3/c1-15(2)18-7-5-17(6-8-18)13-25(19-9-10-19)22(27)14-26-23(28)20-11-4-16(3)12-21(20)24(26)29/h4-8,11-12,15,19H,9-10,13-14H2,1-3H3. The SMILES string of the molecule is Cc1ccc2c(c1)C(=O)N(CC(=O)N(Cc1ccc(C(C)C)cc1)C1CC1)C2=O. The third-order valence-electron chi connectivity index (χ3n) is 5.73. The molecule has 0 atom stereocenters. The molecule has 0 spiro atoms. The number of hydrogen-bond donors (Lipinski definition) is 0. The van der Waals surface area contributed by atoms with E-state index in [-0.39, 0.29) is 30.3 Å². The zero-order valence-electron chi connectivity index (χ0n) is 17.1. The molecule has 1 aliphatic heterocycles. The Morgan fingerprint density at radius 2 is 1.69 bits per heavy atom. The molecule has 0 aromatic heterocycles. The number of fused-ring (bicyclic) bond motifs is 1. The fraction of sp³-hybridized carbons (Fsp3) is 0.375. The molecule has 0 N–H and O–H groups in total. The summed E-state index contributed by atoms with van der Waals surface area (Å²) in [4.78, 5) is 41.3. The number of amides is 3. The fourth-order valence-electron chi connectivity index (χ4n) is 3.79.